The quantitative estimate of drug-likeness (QED) is 0.0261. The van der Waals surface area contributed by atoms with Crippen LogP contribution in [0.1, 0.15) is 245 Å². The minimum atomic E-state index is -1.57. The van der Waals surface area contributed by atoms with Gasteiger partial charge in [0.1, 0.15) is 24.4 Å². The monoisotopic (exact) mass is 1020 g/mol. The predicted octanol–water partition coefficient (Wildman–Crippen LogP) is 15.2. The highest BCUT2D eigenvalue weighted by atomic mass is 16.7. The van der Waals surface area contributed by atoms with Gasteiger partial charge in [-0.2, -0.15) is 0 Å². The molecule has 73 heavy (non-hydrogen) atoms. The van der Waals surface area contributed by atoms with Crippen LogP contribution in [-0.4, -0.2) is 87.5 Å². The summed E-state index contributed by atoms with van der Waals surface area (Å²) in [7, 11) is 0. The molecule has 1 fully saturated rings. The Balaban J connectivity index is 2.26. The second-order valence-electron chi connectivity index (χ2n) is 20.4. The van der Waals surface area contributed by atoms with E-state index >= 15 is 0 Å². The summed E-state index contributed by atoms with van der Waals surface area (Å²) in [4.78, 5) is 13.1. The van der Waals surface area contributed by atoms with Gasteiger partial charge in [0.15, 0.2) is 6.29 Å². The Kier molecular flexibility index (Phi) is 49.0. The van der Waals surface area contributed by atoms with Crippen molar-refractivity contribution in [1.82, 2.24) is 5.32 Å². The molecule has 9 heteroatoms. The molecular formula is C64H111NO8. The summed E-state index contributed by atoms with van der Waals surface area (Å²) >= 11 is 0. The summed E-state index contributed by atoms with van der Waals surface area (Å²) in [5.74, 6) is -0.188. The standard InChI is InChI=1S/C64H111NO8/c1-3-5-7-9-11-13-15-17-19-21-23-25-27-28-29-30-32-34-36-38-40-42-44-46-48-50-52-54-60(68)65-57(56-72-64-63(71)62(70)61(69)59(55-66)73-64)58(67)53-51-49-47-45-43-41-39-37-35-33-31-26-24-22-20-18-16-14-12-10-8-6-4-2/h5,7,11,13,17,19,23,25,28-29,32,34,38,40,44,46,57-59,61-64,66-67,69-71H,3-4,6,8-10,12,14-16,18,20-22,24,26-27,30-31,33,35-37,39,41-43,45,47-56H2,1-2H3,(H,65,68)/b7-5-,13-11-,19-17-,25-23-,29-28-,34-32-,40-38-,46-44-. The molecule has 1 heterocycles. The van der Waals surface area contributed by atoms with Gasteiger partial charge in [0.25, 0.3) is 0 Å². The van der Waals surface area contributed by atoms with Crippen LogP contribution in [0.15, 0.2) is 97.2 Å². The van der Waals surface area contributed by atoms with Gasteiger partial charge in [0.05, 0.1) is 25.4 Å². The van der Waals surface area contributed by atoms with Crippen molar-refractivity contribution in [2.24, 2.45) is 0 Å². The summed E-state index contributed by atoms with van der Waals surface area (Å²) in [5, 5.41) is 54.7. The SMILES string of the molecule is CC/C=C\C/C=C\C/C=C\C/C=C\C/C=C\C/C=C\C/C=C\C/C=C\CCCCC(=O)NC(COC1OC(CO)C(O)C(O)C1O)C(O)CCCCCCCCCCCCCCCCCCCCCCCCC. The molecule has 6 N–H and O–H groups in total. The summed E-state index contributed by atoms with van der Waals surface area (Å²) in [6.07, 6.45) is 68.6. The number of aliphatic hydroxyl groups excluding tert-OH is 5. The van der Waals surface area contributed by atoms with Gasteiger partial charge in [-0.1, -0.05) is 259 Å². The lowest BCUT2D eigenvalue weighted by Gasteiger charge is -2.40. The van der Waals surface area contributed by atoms with Crippen molar-refractivity contribution in [2.45, 2.75) is 288 Å². The molecule has 0 bridgehead atoms. The van der Waals surface area contributed by atoms with E-state index in [1.807, 2.05) is 0 Å². The molecule has 1 aliphatic heterocycles. The zero-order valence-electron chi connectivity index (χ0n) is 46.6. The van der Waals surface area contributed by atoms with Crippen molar-refractivity contribution < 1.29 is 39.8 Å². The van der Waals surface area contributed by atoms with Gasteiger partial charge < -0.3 is 40.3 Å². The average Bonchev–Trinajstić information content (AvgIpc) is 3.39. The van der Waals surface area contributed by atoms with E-state index in [9.17, 15) is 30.3 Å². The van der Waals surface area contributed by atoms with Crippen LogP contribution >= 0.6 is 0 Å². The average molecular weight is 1020 g/mol. The second kappa shape index (κ2) is 52.5. The number of aliphatic hydroxyl groups is 5. The van der Waals surface area contributed by atoms with Crippen molar-refractivity contribution in [3.05, 3.63) is 97.2 Å². The Morgan fingerprint density at radius 2 is 0.849 bits per heavy atom. The van der Waals surface area contributed by atoms with Crippen molar-refractivity contribution in [3.63, 3.8) is 0 Å². The van der Waals surface area contributed by atoms with Gasteiger partial charge in [-0.05, 0) is 77.0 Å². The maximum absolute atomic E-state index is 13.1. The number of hydrogen-bond donors (Lipinski definition) is 6. The Hall–Kier alpha value is -2.89. The van der Waals surface area contributed by atoms with Crippen molar-refractivity contribution in [1.29, 1.82) is 0 Å². The van der Waals surface area contributed by atoms with Gasteiger partial charge in [-0.3, -0.25) is 4.79 Å². The fourth-order valence-electron chi connectivity index (χ4n) is 9.00. The second-order valence-corrected chi connectivity index (χ2v) is 20.4. The first kappa shape index (κ1) is 68.1. The lowest BCUT2D eigenvalue weighted by Crippen LogP contribution is -2.60. The number of allylic oxidation sites excluding steroid dienone is 16. The van der Waals surface area contributed by atoms with E-state index in [0.717, 1.165) is 83.5 Å². The van der Waals surface area contributed by atoms with E-state index in [-0.39, 0.29) is 12.5 Å². The van der Waals surface area contributed by atoms with E-state index in [1.165, 1.54) is 128 Å². The fourth-order valence-corrected chi connectivity index (χ4v) is 9.00. The minimum absolute atomic E-state index is 0.161. The molecule has 1 aliphatic rings. The first-order chi connectivity index (χ1) is 35.8. The summed E-state index contributed by atoms with van der Waals surface area (Å²) in [6, 6.07) is -0.751. The van der Waals surface area contributed by atoms with Gasteiger partial charge >= 0.3 is 0 Å². The molecule has 1 saturated heterocycles. The van der Waals surface area contributed by atoms with Crippen LogP contribution in [0.5, 0.6) is 0 Å². The van der Waals surface area contributed by atoms with E-state index in [4.69, 9.17) is 9.47 Å². The number of nitrogens with one attached hydrogen (secondary N) is 1. The molecule has 0 saturated carbocycles. The van der Waals surface area contributed by atoms with E-state index in [1.54, 1.807) is 0 Å². The Morgan fingerprint density at radius 3 is 1.23 bits per heavy atom. The lowest BCUT2D eigenvalue weighted by atomic mass is 9.99. The third-order valence-electron chi connectivity index (χ3n) is 13.7. The first-order valence-electron chi connectivity index (χ1n) is 29.9. The molecule has 9 nitrogen and oxygen atoms in total. The van der Waals surface area contributed by atoms with Crippen LogP contribution in [0.4, 0.5) is 0 Å². The number of carbonyl (C=O) groups is 1. The molecule has 420 valence electrons. The third kappa shape index (κ3) is 42.0. The number of ether oxygens (including phenoxy) is 2. The molecule has 0 aliphatic carbocycles. The molecule has 1 rings (SSSR count). The minimum Gasteiger partial charge on any atom is -0.394 e. The Bertz CT molecular complexity index is 1460. The van der Waals surface area contributed by atoms with Crippen molar-refractivity contribution in [3.8, 4) is 0 Å². The predicted molar refractivity (Wildman–Crippen MR) is 308 cm³/mol. The van der Waals surface area contributed by atoms with E-state index in [2.05, 4.69) is 116 Å². The third-order valence-corrected chi connectivity index (χ3v) is 13.7. The molecule has 0 aromatic carbocycles. The Labute approximate surface area is 447 Å². The molecule has 0 aromatic rings. The smallest absolute Gasteiger partial charge is 0.220 e. The highest BCUT2D eigenvalue weighted by Crippen LogP contribution is 2.23. The molecule has 1 amide bonds. The van der Waals surface area contributed by atoms with Gasteiger partial charge in [0.2, 0.25) is 5.91 Å². The number of hydrogen-bond acceptors (Lipinski definition) is 8. The Morgan fingerprint density at radius 1 is 0.479 bits per heavy atom. The number of carbonyl (C=O) groups excluding carboxylic acids is 1. The highest BCUT2D eigenvalue weighted by Gasteiger charge is 2.44. The summed E-state index contributed by atoms with van der Waals surface area (Å²) < 4.78 is 11.3. The molecule has 0 spiro atoms. The first-order valence-corrected chi connectivity index (χ1v) is 29.9. The summed E-state index contributed by atoms with van der Waals surface area (Å²) in [5.41, 5.74) is 0. The molecule has 0 radical (unpaired) electrons. The fraction of sp³-hybridized carbons (Fsp3) is 0.734. The number of rotatable bonds is 50. The zero-order chi connectivity index (χ0) is 52.9. The van der Waals surface area contributed by atoms with Crippen LogP contribution < -0.4 is 5.32 Å². The maximum atomic E-state index is 13.1. The molecule has 7 atom stereocenters. The molecule has 7 unspecified atom stereocenters. The highest BCUT2D eigenvalue weighted by molar-refractivity contribution is 5.76. The molecule has 0 aromatic heterocycles. The van der Waals surface area contributed by atoms with Crippen LogP contribution in [0, 0.1) is 0 Å². The summed E-state index contributed by atoms with van der Waals surface area (Å²) in [6.45, 7) is 3.71. The normalized spacial score (nSPS) is 19.8. The van der Waals surface area contributed by atoms with Gasteiger partial charge in [-0.25, -0.2) is 0 Å². The van der Waals surface area contributed by atoms with Gasteiger partial charge in [-0.15, -0.1) is 0 Å². The van der Waals surface area contributed by atoms with Crippen molar-refractivity contribution >= 4 is 5.91 Å². The van der Waals surface area contributed by atoms with E-state index < -0.39 is 49.5 Å². The van der Waals surface area contributed by atoms with Crippen molar-refractivity contribution in [2.75, 3.05) is 13.2 Å². The zero-order valence-corrected chi connectivity index (χ0v) is 46.6. The van der Waals surface area contributed by atoms with Crippen LogP contribution in [0.2, 0.25) is 0 Å². The molecular weight excluding hydrogens is 911 g/mol. The largest absolute Gasteiger partial charge is 0.394 e. The maximum Gasteiger partial charge on any atom is 0.220 e. The number of amides is 1. The lowest BCUT2D eigenvalue weighted by molar-refractivity contribution is -0.302. The number of unbranched alkanes of at least 4 members (excludes halogenated alkanes) is 24. The topological polar surface area (TPSA) is 149 Å². The van der Waals surface area contributed by atoms with Crippen LogP contribution in [0.25, 0.3) is 0 Å². The van der Waals surface area contributed by atoms with Gasteiger partial charge in [0, 0.05) is 6.42 Å². The van der Waals surface area contributed by atoms with E-state index in [0.29, 0.717) is 19.3 Å². The van der Waals surface area contributed by atoms with Crippen LogP contribution in [0.3, 0.4) is 0 Å². The van der Waals surface area contributed by atoms with Crippen LogP contribution in [-0.2, 0) is 14.3 Å².